The normalized spacial score (nSPS) is 12.8. The van der Waals surface area contributed by atoms with E-state index < -0.39 is 0 Å². The molecule has 2 aromatic heterocycles. The Labute approximate surface area is 136 Å². The summed E-state index contributed by atoms with van der Waals surface area (Å²) >= 11 is 8.25. The van der Waals surface area contributed by atoms with Gasteiger partial charge in [0, 0.05) is 11.4 Å². The van der Waals surface area contributed by atoms with Gasteiger partial charge in [-0.3, -0.25) is 4.68 Å². The zero-order valence-electron chi connectivity index (χ0n) is 13.0. The number of nitrogens with zero attached hydrogens (tertiary/aromatic N) is 2. The van der Waals surface area contributed by atoms with E-state index in [4.69, 9.17) is 11.6 Å². The molecule has 2 rings (SSSR count). The maximum atomic E-state index is 6.45. The summed E-state index contributed by atoms with van der Waals surface area (Å²) < 4.78 is 2.05. The molecule has 0 bridgehead atoms. The van der Waals surface area contributed by atoms with E-state index in [9.17, 15) is 0 Å². The molecule has 0 amide bonds. The Balaban J connectivity index is 2.43. The molecule has 0 fully saturated rings. The van der Waals surface area contributed by atoms with E-state index >= 15 is 0 Å². The van der Waals surface area contributed by atoms with Crippen molar-refractivity contribution >= 4 is 22.9 Å². The lowest BCUT2D eigenvalue weighted by Crippen LogP contribution is -2.26. The molecule has 0 aromatic carbocycles. The maximum absolute atomic E-state index is 6.45. The van der Waals surface area contributed by atoms with Crippen LogP contribution in [-0.4, -0.2) is 16.3 Å². The molecule has 2 heterocycles. The van der Waals surface area contributed by atoms with Crippen molar-refractivity contribution in [2.45, 2.75) is 52.6 Å². The summed E-state index contributed by atoms with van der Waals surface area (Å²) in [7, 11) is 0. The molecular weight excluding hydrogens is 302 g/mol. The second-order valence-electron chi connectivity index (χ2n) is 5.15. The molecular formula is C16H24ClN3S. The number of rotatable bonds is 8. The highest BCUT2D eigenvalue weighted by molar-refractivity contribution is 7.10. The van der Waals surface area contributed by atoms with Gasteiger partial charge in [-0.15, -0.1) is 11.3 Å². The number of thiophene rings is 1. The van der Waals surface area contributed by atoms with Crippen LogP contribution in [-0.2, 0) is 13.0 Å². The van der Waals surface area contributed by atoms with E-state index in [1.165, 1.54) is 10.4 Å². The summed E-state index contributed by atoms with van der Waals surface area (Å²) in [4.78, 5) is 1.37. The number of aryl methyl sites for hydroxylation is 2. The molecule has 1 atom stereocenters. The molecule has 2 aromatic rings. The van der Waals surface area contributed by atoms with E-state index in [2.05, 4.69) is 47.3 Å². The quantitative estimate of drug-likeness (QED) is 0.765. The Bertz CT molecular complexity index is 562. The molecule has 116 valence electrons. The van der Waals surface area contributed by atoms with Gasteiger partial charge in [0.25, 0.3) is 0 Å². The van der Waals surface area contributed by atoms with Crippen molar-refractivity contribution in [3.63, 3.8) is 0 Å². The van der Waals surface area contributed by atoms with Gasteiger partial charge in [0.15, 0.2) is 0 Å². The largest absolute Gasteiger partial charge is 0.304 e. The minimum Gasteiger partial charge on any atom is -0.304 e. The molecule has 1 unspecified atom stereocenters. The van der Waals surface area contributed by atoms with E-state index in [-0.39, 0.29) is 6.04 Å². The Kier molecular flexibility index (Phi) is 6.27. The fraction of sp³-hybridized carbons (Fsp3) is 0.562. The molecule has 0 radical (unpaired) electrons. The van der Waals surface area contributed by atoms with Crippen molar-refractivity contribution in [2.24, 2.45) is 0 Å². The first-order valence-corrected chi connectivity index (χ1v) is 8.99. The lowest BCUT2D eigenvalue weighted by Gasteiger charge is -2.21. The second-order valence-corrected chi connectivity index (χ2v) is 6.51. The highest BCUT2D eigenvalue weighted by Crippen LogP contribution is 2.34. The van der Waals surface area contributed by atoms with Crippen LogP contribution in [0.15, 0.2) is 17.6 Å². The molecule has 0 spiro atoms. The first-order chi connectivity index (χ1) is 10.2. The van der Waals surface area contributed by atoms with E-state index in [1.807, 2.05) is 0 Å². The van der Waals surface area contributed by atoms with Crippen molar-refractivity contribution in [2.75, 3.05) is 6.54 Å². The number of hydrogen-bond donors (Lipinski definition) is 1. The zero-order valence-corrected chi connectivity index (χ0v) is 14.6. The van der Waals surface area contributed by atoms with Gasteiger partial charge < -0.3 is 5.32 Å². The van der Waals surface area contributed by atoms with Gasteiger partial charge in [0.2, 0.25) is 0 Å². The van der Waals surface area contributed by atoms with Crippen LogP contribution in [0.4, 0.5) is 0 Å². The Hall–Kier alpha value is -0.840. The Morgan fingerprint density at radius 1 is 1.33 bits per heavy atom. The lowest BCUT2D eigenvalue weighted by atomic mass is 10.1. The Morgan fingerprint density at radius 3 is 2.81 bits per heavy atom. The average Bonchev–Trinajstić information content (AvgIpc) is 3.09. The van der Waals surface area contributed by atoms with Gasteiger partial charge in [-0.05, 0) is 42.8 Å². The molecule has 21 heavy (non-hydrogen) atoms. The van der Waals surface area contributed by atoms with E-state index in [0.717, 1.165) is 43.1 Å². The van der Waals surface area contributed by atoms with Crippen molar-refractivity contribution < 1.29 is 0 Å². The summed E-state index contributed by atoms with van der Waals surface area (Å²) in [6.45, 7) is 8.42. The third-order valence-corrected chi connectivity index (χ3v) is 4.88. The van der Waals surface area contributed by atoms with E-state index in [0.29, 0.717) is 0 Å². The summed E-state index contributed by atoms with van der Waals surface area (Å²) in [6.07, 6.45) is 4.97. The second kappa shape index (κ2) is 7.97. The molecule has 3 nitrogen and oxygen atoms in total. The standard InChI is InChI=1S/C16H24ClN3S/c1-4-8-18-14(16-12(6-3)7-10-21-16)15-13(17)11-19-20(15)9-5-2/h7,10-11,14,18H,4-6,8-9H2,1-3H3. The van der Waals surface area contributed by atoms with Crippen molar-refractivity contribution in [1.29, 1.82) is 0 Å². The van der Waals surface area contributed by atoms with Crippen LogP contribution in [0.3, 0.4) is 0 Å². The summed E-state index contributed by atoms with van der Waals surface area (Å²) in [5.41, 5.74) is 2.50. The van der Waals surface area contributed by atoms with Gasteiger partial charge in [0.05, 0.1) is 23.0 Å². The number of hydrogen-bond acceptors (Lipinski definition) is 3. The maximum Gasteiger partial charge on any atom is 0.0859 e. The minimum atomic E-state index is 0.140. The summed E-state index contributed by atoms with van der Waals surface area (Å²) in [5.74, 6) is 0. The van der Waals surface area contributed by atoms with Crippen molar-refractivity contribution in [3.8, 4) is 0 Å². The zero-order chi connectivity index (χ0) is 15.2. The third kappa shape index (κ3) is 3.68. The van der Waals surface area contributed by atoms with Crippen LogP contribution in [0, 0.1) is 0 Å². The highest BCUT2D eigenvalue weighted by Gasteiger charge is 2.24. The summed E-state index contributed by atoms with van der Waals surface area (Å²) in [6, 6.07) is 2.36. The van der Waals surface area contributed by atoms with Crippen LogP contribution < -0.4 is 5.32 Å². The van der Waals surface area contributed by atoms with Gasteiger partial charge in [-0.1, -0.05) is 32.4 Å². The topological polar surface area (TPSA) is 29.9 Å². The van der Waals surface area contributed by atoms with Gasteiger partial charge in [0.1, 0.15) is 0 Å². The van der Waals surface area contributed by atoms with Gasteiger partial charge in [-0.2, -0.15) is 5.10 Å². The minimum absolute atomic E-state index is 0.140. The van der Waals surface area contributed by atoms with Crippen LogP contribution in [0.5, 0.6) is 0 Å². The smallest absolute Gasteiger partial charge is 0.0859 e. The molecule has 5 heteroatoms. The number of aromatic nitrogens is 2. The van der Waals surface area contributed by atoms with Gasteiger partial charge in [-0.25, -0.2) is 0 Å². The molecule has 0 aliphatic rings. The van der Waals surface area contributed by atoms with Crippen molar-refractivity contribution in [1.82, 2.24) is 15.1 Å². The lowest BCUT2D eigenvalue weighted by molar-refractivity contribution is 0.514. The SMILES string of the molecule is CCCNC(c1sccc1CC)c1c(Cl)cnn1CCC. The van der Waals surface area contributed by atoms with Crippen LogP contribution in [0.1, 0.15) is 55.8 Å². The molecule has 0 aliphatic carbocycles. The van der Waals surface area contributed by atoms with Gasteiger partial charge >= 0.3 is 0 Å². The van der Waals surface area contributed by atoms with Crippen LogP contribution in [0.25, 0.3) is 0 Å². The van der Waals surface area contributed by atoms with Crippen LogP contribution in [0.2, 0.25) is 5.02 Å². The molecule has 0 aliphatic heterocycles. The molecule has 0 saturated carbocycles. The fourth-order valence-corrected chi connectivity index (χ4v) is 3.87. The van der Waals surface area contributed by atoms with E-state index in [1.54, 1.807) is 17.5 Å². The monoisotopic (exact) mass is 325 g/mol. The first kappa shape index (κ1) is 16.5. The third-order valence-electron chi connectivity index (χ3n) is 3.56. The number of nitrogens with one attached hydrogen (secondary N) is 1. The predicted molar refractivity (Wildman–Crippen MR) is 91.4 cm³/mol. The fourth-order valence-electron chi connectivity index (χ4n) is 2.54. The molecule has 1 N–H and O–H groups in total. The average molecular weight is 326 g/mol. The van der Waals surface area contributed by atoms with Crippen LogP contribution >= 0.6 is 22.9 Å². The highest BCUT2D eigenvalue weighted by atomic mass is 35.5. The molecule has 0 saturated heterocycles. The van der Waals surface area contributed by atoms with Crippen molar-refractivity contribution in [3.05, 3.63) is 38.8 Å². The Morgan fingerprint density at radius 2 is 2.14 bits per heavy atom. The summed E-state index contributed by atoms with van der Waals surface area (Å²) in [5, 5.41) is 11.0. The number of halogens is 1. The first-order valence-electron chi connectivity index (χ1n) is 7.73. The predicted octanol–water partition coefficient (Wildman–Crippen LogP) is 4.66.